The Morgan fingerprint density at radius 3 is 2.76 bits per heavy atom. The average Bonchev–Trinajstić information content (AvgIpc) is 2.28. The first-order valence-corrected chi connectivity index (χ1v) is 6.26. The van der Waals surface area contributed by atoms with Crippen LogP contribution in [-0.4, -0.2) is 9.97 Å². The lowest BCUT2D eigenvalue weighted by Gasteiger charge is -2.06. The van der Waals surface area contributed by atoms with Gasteiger partial charge >= 0.3 is 0 Å². The topological polar surface area (TPSA) is 45.8 Å². The third-order valence-electron chi connectivity index (χ3n) is 2.54. The van der Waals surface area contributed by atoms with Crippen molar-refractivity contribution in [2.75, 3.05) is 0 Å². The zero-order chi connectivity index (χ0) is 12.4. The molecule has 0 amide bonds. The van der Waals surface area contributed by atoms with E-state index in [1.807, 2.05) is 32.0 Å². The van der Waals surface area contributed by atoms with Gasteiger partial charge in [0.25, 0.3) is 5.56 Å². The monoisotopic (exact) mass is 292 g/mol. The van der Waals surface area contributed by atoms with E-state index in [-0.39, 0.29) is 5.56 Å². The van der Waals surface area contributed by atoms with Crippen molar-refractivity contribution in [3.63, 3.8) is 0 Å². The molecular weight excluding hydrogens is 280 g/mol. The fourth-order valence-electron chi connectivity index (χ4n) is 1.63. The van der Waals surface area contributed by atoms with E-state index in [0.717, 1.165) is 27.7 Å². The van der Waals surface area contributed by atoms with Gasteiger partial charge in [-0.3, -0.25) is 4.79 Å². The summed E-state index contributed by atoms with van der Waals surface area (Å²) in [6.07, 6.45) is 0.750. The molecule has 0 atom stereocenters. The summed E-state index contributed by atoms with van der Waals surface area (Å²) in [4.78, 5) is 18.7. The largest absolute Gasteiger partial charge is 0.306 e. The van der Waals surface area contributed by atoms with Gasteiger partial charge in [-0.15, -0.1) is 0 Å². The Morgan fingerprint density at radius 1 is 1.35 bits per heavy atom. The molecule has 17 heavy (non-hydrogen) atoms. The summed E-state index contributed by atoms with van der Waals surface area (Å²) in [6, 6.07) is 7.50. The summed E-state index contributed by atoms with van der Waals surface area (Å²) >= 11 is 3.49. The number of hydrogen-bond donors (Lipinski definition) is 1. The van der Waals surface area contributed by atoms with Gasteiger partial charge in [0, 0.05) is 21.8 Å². The first kappa shape index (κ1) is 12.0. The van der Waals surface area contributed by atoms with E-state index < -0.39 is 0 Å². The molecular formula is C13H13BrN2O. The number of hydrogen-bond acceptors (Lipinski definition) is 2. The van der Waals surface area contributed by atoms with E-state index >= 15 is 0 Å². The average molecular weight is 293 g/mol. The van der Waals surface area contributed by atoms with Crippen LogP contribution in [0.5, 0.6) is 0 Å². The molecule has 0 spiro atoms. The Bertz CT molecular complexity index is 605. The van der Waals surface area contributed by atoms with Crippen LogP contribution in [0.2, 0.25) is 0 Å². The quantitative estimate of drug-likeness (QED) is 0.925. The number of nitrogens with zero attached hydrogens (tertiary/aromatic N) is 1. The van der Waals surface area contributed by atoms with Crippen molar-refractivity contribution in [3.05, 3.63) is 50.3 Å². The minimum absolute atomic E-state index is 0.112. The number of benzene rings is 1. The third kappa shape index (κ3) is 2.64. The van der Waals surface area contributed by atoms with Crippen LogP contribution in [0.4, 0.5) is 0 Å². The lowest BCUT2D eigenvalue weighted by Crippen LogP contribution is -2.10. The fraction of sp³-hybridized carbons (Fsp3) is 0.231. The Kier molecular flexibility index (Phi) is 3.43. The lowest BCUT2D eigenvalue weighted by molar-refractivity contribution is 0.986. The van der Waals surface area contributed by atoms with E-state index in [0.29, 0.717) is 5.82 Å². The third-order valence-corrected chi connectivity index (χ3v) is 3.19. The van der Waals surface area contributed by atoms with E-state index in [1.165, 1.54) is 6.07 Å². The lowest BCUT2D eigenvalue weighted by atomic mass is 10.1. The molecule has 2 aromatic rings. The number of nitrogens with one attached hydrogen (secondary N) is 1. The summed E-state index contributed by atoms with van der Waals surface area (Å²) < 4.78 is 0.939. The number of aryl methyl sites for hydroxylation is 2. The van der Waals surface area contributed by atoms with Crippen LogP contribution in [0.1, 0.15) is 18.2 Å². The number of aromatic amines is 1. The van der Waals surface area contributed by atoms with Crippen molar-refractivity contribution in [1.29, 1.82) is 0 Å². The van der Waals surface area contributed by atoms with Gasteiger partial charge in [-0.1, -0.05) is 28.9 Å². The van der Waals surface area contributed by atoms with Crippen molar-refractivity contribution >= 4 is 15.9 Å². The predicted octanol–water partition coefficient (Wildman–Crippen LogP) is 3.07. The smallest absolute Gasteiger partial charge is 0.251 e. The maximum atomic E-state index is 11.5. The highest BCUT2D eigenvalue weighted by Gasteiger charge is 2.07. The summed E-state index contributed by atoms with van der Waals surface area (Å²) in [7, 11) is 0. The van der Waals surface area contributed by atoms with Crippen LogP contribution in [-0.2, 0) is 6.42 Å². The molecule has 0 aliphatic heterocycles. The van der Waals surface area contributed by atoms with E-state index in [9.17, 15) is 4.79 Å². The van der Waals surface area contributed by atoms with Crippen molar-refractivity contribution in [3.8, 4) is 11.4 Å². The van der Waals surface area contributed by atoms with Crippen LogP contribution in [0, 0.1) is 6.92 Å². The van der Waals surface area contributed by atoms with Crippen LogP contribution in [0.15, 0.2) is 33.5 Å². The summed E-state index contributed by atoms with van der Waals surface area (Å²) in [6.45, 7) is 4.00. The number of halogens is 1. The normalized spacial score (nSPS) is 10.5. The van der Waals surface area contributed by atoms with Crippen molar-refractivity contribution in [2.45, 2.75) is 20.3 Å². The number of H-pyrrole nitrogens is 1. The second-order valence-corrected chi connectivity index (χ2v) is 4.78. The molecule has 1 aromatic carbocycles. The zero-order valence-corrected chi connectivity index (χ0v) is 11.3. The molecule has 88 valence electrons. The summed E-state index contributed by atoms with van der Waals surface area (Å²) in [5.41, 5.74) is 2.76. The molecule has 0 radical (unpaired) electrons. The Morgan fingerprint density at radius 2 is 2.12 bits per heavy atom. The van der Waals surface area contributed by atoms with Gasteiger partial charge in [-0.25, -0.2) is 4.98 Å². The second kappa shape index (κ2) is 4.84. The highest BCUT2D eigenvalue weighted by molar-refractivity contribution is 9.10. The SMILES string of the molecule is CCc1cc(=O)[nH]c(-c2ccc(C)cc2Br)n1. The molecule has 0 aliphatic carbocycles. The highest BCUT2D eigenvalue weighted by atomic mass is 79.9. The van der Waals surface area contributed by atoms with Crippen LogP contribution < -0.4 is 5.56 Å². The molecule has 1 N–H and O–H groups in total. The van der Waals surface area contributed by atoms with Gasteiger partial charge in [0.15, 0.2) is 0 Å². The van der Waals surface area contributed by atoms with Gasteiger partial charge in [0.05, 0.1) is 0 Å². The van der Waals surface area contributed by atoms with Gasteiger partial charge < -0.3 is 4.98 Å². The van der Waals surface area contributed by atoms with Gasteiger partial charge in [-0.2, -0.15) is 0 Å². The Balaban J connectivity index is 2.60. The van der Waals surface area contributed by atoms with Crippen molar-refractivity contribution in [1.82, 2.24) is 9.97 Å². The molecule has 0 unspecified atom stereocenters. The van der Waals surface area contributed by atoms with E-state index in [1.54, 1.807) is 0 Å². The van der Waals surface area contributed by atoms with Gasteiger partial charge in [0.1, 0.15) is 5.82 Å². The maximum absolute atomic E-state index is 11.5. The van der Waals surface area contributed by atoms with Gasteiger partial charge in [-0.05, 0) is 31.0 Å². The van der Waals surface area contributed by atoms with E-state index in [4.69, 9.17) is 0 Å². The molecule has 1 heterocycles. The summed E-state index contributed by atoms with van der Waals surface area (Å²) in [5.74, 6) is 0.612. The minimum Gasteiger partial charge on any atom is -0.306 e. The molecule has 0 saturated heterocycles. The zero-order valence-electron chi connectivity index (χ0n) is 9.75. The van der Waals surface area contributed by atoms with E-state index in [2.05, 4.69) is 25.9 Å². The second-order valence-electron chi connectivity index (χ2n) is 3.92. The maximum Gasteiger partial charge on any atom is 0.251 e. The Labute approximate surface area is 108 Å². The number of aromatic nitrogens is 2. The standard InChI is InChI=1S/C13H13BrN2O/c1-3-9-7-12(17)16-13(15-9)10-5-4-8(2)6-11(10)14/h4-7H,3H2,1-2H3,(H,15,16,17). The molecule has 2 rings (SSSR count). The van der Waals surface area contributed by atoms with Crippen LogP contribution in [0.25, 0.3) is 11.4 Å². The molecule has 0 fully saturated rings. The molecule has 0 saturated carbocycles. The molecule has 4 heteroatoms. The molecule has 0 bridgehead atoms. The van der Waals surface area contributed by atoms with Crippen LogP contribution >= 0.6 is 15.9 Å². The number of rotatable bonds is 2. The van der Waals surface area contributed by atoms with Gasteiger partial charge in [0.2, 0.25) is 0 Å². The highest BCUT2D eigenvalue weighted by Crippen LogP contribution is 2.25. The first-order valence-electron chi connectivity index (χ1n) is 5.47. The predicted molar refractivity (Wildman–Crippen MR) is 72.1 cm³/mol. The first-order chi connectivity index (χ1) is 8.10. The molecule has 1 aromatic heterocycles. The van der Waals surface area contributed by atoms with Crippen LogP contribution in [0.3, 0.4) is 0 Å². The summed E-state index contributed by atoms with van der Waals surface area (Å²) in [5, 5.41) is 0. The van der Waals surface area contributed by atoms with Crippen molar-refractivity contribution in [2.24, 2.45) is 0 Å². The fourth-order valence-corrected chi connectivity index (χ4v) is 2.31. The minimum atomic E-state index is -0.112. The van der Waals surface area contributed by atoms with Crippen molar-refractivity contribution < 1.29 is 0 Å². The molecule has 0 aliphatic rings. The molecule has 3 nitrogen and oxygen atoms in total. The Hall–Kier alpha value is -1.42.